The zero-order chi connectivity index (χ0) is 16.4. The van der Waals surface area contributed by atoms with Gasteiger partial charge in [0, 0.05) is 6.54 Å². The zero-order valence-electron chi connectivity index (χ0n) is 12.7. The lowest BCUT2D eigenvalue weighted by atomic mass is 9.96. The fraction of sp³-hybridized carbons (Fsp3) is 0.235. The maximum Gasteiger partial charge on any atom is 0.341 e. The van der Waals surface area contributed by atoms with Gasteiger partial charge < -0.3 is 4.18 Å². The van der Waals surface area contributed by atoms with Crippen molar-refractivity contribution in [2.45, 2.75) is 30.8 Å². The van der Waals surface area contributed by atoms with Crippen LogP contribution in [0.3, 0.4) is 0 Å². The number of carbonyl (C=O) groups is 1. The van der Waals surface area contributed by atoms with Gasteiger partial charge in [-0.1, -0.05) is 42.0 Å². The van der Waals surface area contributed by atoms with Crippen LogP contribution in [0.5, 0.6) is 0 Å². The van der Waals surface area contributed by atoms with Crippen LogP contribution in [0, 0.1) is 6.92 Å². The van der Waals surface area contributed by atoms with E-state index in [1.54, 1.807) is 12.1 Å². The van der Waals surface area contributed by atoms with E-state index >= 15 is 0 Å². The largest absolute Gasteiger partial charge is 0.341 e. The summed E-state index contributed by atoms with van der Waals surface area (Å²) in [5.41, 5.74) is 3.07. The number of hydrogen-bond acceptors (Lipinski definition) is 5. The fourth-order valence-electron chi connectivity index (χ4n) is 2.54. The van der Waals surface area contributed by atoms with E-state index in [2.05, 4.69) is 5.32 Å². The lowest BCUT2D eigenvalue weighted by molar-refractivity contribution is -0.136. The summed E-state index contributed by atoms with van der Waals surface area (Å²) >= 11 is 0. The Morgan fingerprint density at radius 1 is 1.09 bits per heavy atom. The minimum atomic E-state index is -4.09. The first-order valence-corrected chi connectivity index (χ1v) is 8.72. The van der Waals surface area contributed by atoms with Gasteiger partial charge in [0.05, 0.1) is 0 Å². The first-order valence-electron chi connectivity index (χ1n) is 7.31. The first-order chi connectivity index (χ1) is 11.0. The smallest absolute Gasteiger partial charge is 0.340 e. The molecule has 2 aromatic carbocycles. The van der Waals surface area contributed by atoms with Crippen LogP contribution in [0.1, 0.15) is 16.7 Å². The van der Waals surface area contributed by atoms with Crippen molar-refractivity contribution in [1.82, 2.24) is 5.32 Å². The van der Waals surface area contributed by atoms with E-state index in [0.717, 1.165) is 16.7 Å². The second kappa shape index (κ2) is 6.14. The Morgan fingerprint density at radius 3 is 2.43 bits per heavy atom. The molecule has 2 aromatic rings. The molecular weight excluding hydrogens is 314 g/mol. The summed E-state index contributed by atoms with van der Waals surface area (Å²) in [4.78, 5) is 12.2. The second-order valence-corrected chi connectivity index (χ2v) is 7.12. The molecule has 1 N–H and O–H groups in total. The van der Waals surface area contributed by atoms with Crippen molar-refractivity contribution in [1.29, 1.82) is 0 Å². The number of benzene rings is 2. The number of hydrogen-bond donors (Lipinski definition) is 1. The Hall–Kier alpha value is -2.18. The van der Waals surface area contributed by atoms with Crippen molar-refractivity contribution in [2.24, 2.45) is 0 Å². The average molecular weight is 331 g/mol. The van der Waals surface area contributed by atoms with E-state index in [1.165, 1.54) is 12.1 Å². The van der Waals surface area contributed by atoms with Crippen molar-refractivity contribution in [2.75, 3.05) is 0 Å². The summed E-state index contributed by atoms with van der Waals surface area (Å²) in [5.74, 6) is -0.778. The molecule has 1 unspecified atom stereocenters. The van der Waals surface area contributed by atoms with Crippen LogP contribution in [-0.4, -0.2) is 20.4 Å². The number of rotatable bonds is 3. The van der Waals surface area contributed by atoms with E-state index in [4.69, 9.17) is 4.18 Å². The van der Waals surface area contributed by atoms with E-state index in [0.29, 0.717) is 13.0 Å². The molecule has 0 aromatic heterocycles. The van der Waals surface area contributed by atoms with Gasteiger partial charge in [0.15, 0.2) is 0 Å². The molecule has 0 radical (unpaired) electrons. The van der Waals surface area contributed by atoms with E-state index in [-0.39, 0.29) is 4.90 Å². The summed E-state index contributed by atoms with van der Waals surface area (Å²) in [6, 6.07) is 13.3. The molecule has 3 rings (SSSR count). The van der Waals surface area contributed by atoms with Gasteiger partial charge in [-0.3, -0.25) is 5.32 Å². The maximum atomic E-state index is 12.2. The second-order valence-electron chi connectivity index (χ2n) is 5.58. The average Bonchev–Trinajstić information content (AvgIpc) is 2.54. The van der Waals surface area contributed by atoms with Crippen LogP contribution in [0.15, 0.2) is 53.4 Å². The lowest BCUT2D eigenvalue weighted by Gasteiger charge is -2.24. The Morgan fingerprint density at radius 2 is 1.74 bits per heavy atom. The van der Waals surface area contributed by atoms with Gasteiger partial charge in [0.1, 0.15) is 10.9 Å². The Labute approximate surface area is 135 Å². The van der Waals surface area contributed by atoms with Crippen LogP contribution in [-0.2, 0) is 32.1 Å². The van der Waals surface area contributed by atoms with Crippen molar-refractivity contribution in [3.8, 4) is 0 Å². The molecule has 0 amide bonds. The van der Waals surface area contributed by atoms with Gasteiger partial charge in [-0.25, -0.2) is 4.79 Å². The minimum absolute atomic E-state index is 0.0207. The summed E-state index contributed by atoms with van der Waals surface area (Å²) in [5, 5.41) is 3.02. The molecule has 0 aliphatic carbocycles. The normalized spacial score (nSPS) is 17.3. The van der Waals surface area contributed by atoms with E-state index in [9.17, 15) is 13.2 Å². The van der Waals surface area contributed by atoms with Gasteiger partial charge >= 0.3 is 16.1 Å². The maximum absolute atomic E-state index is 12.2. The standard InChI is InChI=1S/C17H17NO4S/c1-12-6-8-15(9-7-12)23(20,21)22-17(19)16-10-13-4-2-3-5-14(13)11-18-16/h2-9,16,18H,10-11H2,1H3. The van der Waals surface area contributed by atoms with Gasteiger partial charge in [-0.15, -0.1) is 0 Å². The number of carbonyl (C=O) groups excluding carboxylic acids is 1. The monoisotopic (exact) mass is 331 g/mol. The highest BCUT2D eigenvalue weighted by Gasteiger charge is 2.29. The number of nitrogens with one attached hydrogen (secondary N) is 1. The van der Waals surface area contributed by atoms with Crippen LogP contribution in [0.4, 0.5) is 0 Å². The van der Waals surface area contributed by atoms with Crippen LogP contribution in [0.25, 0.3) is 0 Å². The molecule has 1 atom stereocenters. The van der Waals surface area contributed by atoms with Crippen LogP contribution >= 0.6 is 0 Å². The Kier molecular flexibility index (Phi) is 4.19. The topological polar surface area (TPSA) is 72.5 Å². The third-order valence-corrected chi connectivity index (χ3v) is 5.10. The molecule has 1 aliphatic heterocycles. The minimum Gasteiger partial charge on any atom is -0.340 e. The Balaban J connectivity index is 1.73. The summed E-state index contributed by atoms with van der Waals surface area (Å²) in [7, 11) is -4.09. The van der Waals surface area contributed by atoms with E-state index < -0.39 is 22.1 Å². The fourth-order valence-corrected chi connectivity index (χ4v) is 3.44. The number of aryl methyl sites for hydroxylation is 1. The van der Waals surface area contributed by atoms with Gasteiger partial charge in [-0.05, 0) is 36.6 Å². The first kappa shape index (κ1) is 15.7. The molecule has 23 heavy (non-hydrogen) atoms. The molecule has 0 saturated carbocycles. The molecule has 1 heterocycles. The molecule has 0 saturated heterocycles. The third kappa shape index (κ3) is 3.43. The quantitative estimate of drug-likeness (QED) is 0.870. The molecule has 0 fully saturated rings. The van der Waals surface area contributed by atoms with Gasteiger partial charge in [0.2, 0.25) is 0 Å². The van der Waals surface area contributed by atoms with Crippen molar-refractivity contribution in [3.05, 3.63) is 65.2 Å². The van der Waals surface area contributed by atoms with Crippen molar-refractivity contribution in [3.63, 3.8) is 0 Å². The van der Waals surface area contributed by atoms with E-state index in [1.807, 2.05) is 31.2 Å². The predicted octanol–water partition coefficient (Wildman–Crippen LogP) is 1.94. The lowest BCUT2D eigenvalue weighted by Crippen LogP contribution is -2.43. The van der Waals surface area contributed by atoms with Crippen molar-refractivity contribution >= 4 is 16.1 Å². The number of fused-ring (bicyclic) bond motifs is 1. The predicted molar refractivity (Wildman–Crippen MR) is 85.2 cm³/mol. The van der Waals surface area contributed by atoms with Gasteiger partial charge in [-0.2, -0.15) is 8.42 Å². The highest BCUT2D eigenvalue weighted by molar-refractivity contribution is 7.87. The Bertz CT molecular complexity index is 828. The molecule has 120 valence electrons. The molecular formula is C17H17NO4S. The SMILES string of the molecule is Cc1ccc(S(=O)(=O)OC(=O)C2Cc3ccccc3CN2)cc1. The summed E-state index contributed by atoms with van der Waals surface area (Å²) in [6.07, 6.45) is 0.415. The molecule has 0 bridgehead atoms. The summed E-state index contributed by atoms with van der Waals surface area (Å²) < 4.78 is 29.1. The molecule has 0 spiro atoms. The highest BCUT2D eigenvalue weighted by Crippen LogP contribution is 2.19. The highest BCUT2D eigenvalue weighted by atomic mass is 32.2. The van der Waals surface area contributed by atoms with Crippen LogP contribution < -0.4 is 5.32 Å². The van der Waals surface area contributed by atoms with Crippen molar-refractivity contribution < 1.29 is 17.4 Å². The van der Waals surface area contributed by atoms with Gasteiger partial charge in [0.25, 0.3) is 0 Å². The third-order valence-electron chi connectivity index (χ3n) is 3.87. The summed E-state index contributed by atoms with van der Waals surface area (Å²) in [6.45, 7) is 2.37. The van der Waals surface area contributed by atoms with Crippen LogP contribution in [0.2, 0.25) is 0 Å². The molecule has 6 heteroatoms. The zero-order valence-corrected chi connectivity index (χ0v) is 13.5. The molecule has 1 aliphatic rings. The molecule has 5 nitrogen and oxygen atoms in total.